The molecule has 0 bridgehead atoms. The Morgan fingerprint density at radius 3 is 2.14 bits per heavy atom. The zero-order chi connectivity index (χ0) is 21.3. The Hall–Kier alpha value is -2.64. The summed E-state index contributed by atoms with van der Waals surface area (Å²) in [5.41, 5.74) is 5.46. The third-order valence-electron chi connectivity index (χ3n) is 5.09. The Morgan fingerprint density at radius 1 is 0.897 bits per heavy atom. The van der Waals surface area contributed by atoms with Gasteiger partial charge >= 0.3 is 0 Å². The van der Waals surface area contributed by atoms with Gasteiger partial charge in [-0.25, -0.2) is 8.42 Å². The Morgan fingerprint density at radius 2 is 1.52 bits per heavy atom. The Bertz CT molecular complexity index is 1180. The van der Waals surface area contributed by atoms with Gasteiger partial charge in [-0.05, 0) is 85.7 Å². The molecule has 3 aromatic rings. The van der Waals surface area contributed by atoms with E-state index in [0.29, 0.717) is 11.4 Å². The first-order chi connectivity index (χ1) is 13.6. The van der Waals surface area contributed by atoms with E-state index in [1.165, 1.54) is 17.4 Å². The van der Waals surface area contributed by atoms with Gasteiger partial charge in [0.25, 0.3) is 15.9 Å². The molecular weight excluding hydrogens is 404 g/mol. The fourth-order valence-electron chi connectivity index (χ4n) is 2.88. The van der Waals surface area contributed by atoms with Crippen molar-refractivity contribution in [1.82, 2.24) is 0 Å². The predicted molar refractivity (Wildman–Crippen MR) is 120 cm³/mol. The number of rotatable bonds is 5. The molecule has 0 saturated heterocycles. The second-order valence-corrected chi connectivity index (χ2v) is 9.96. The normalized spacial score (nSPS) is 11.3. The molecule has 1 aromatic heterocycles. The highest BCUT2D eigenvalue weighted by Gasteiger charge is 2.28. The number of sulfonamides is 1. The van der Waals surface area contributed by atoms with E-state index >= 15 is 0 Å². The van der Waals surface area contributed by atoms with Gasteiger partial charge in [0.2, 0.25) is 0 Å². The Kier molecular flexibility index (Phi) is 5.82. The molecular formula is C22H24N2O3S2. The molecule has 0 aliphatic carbocycles. The highest BCUT2D eigenvalue weighted by molar-refractivity contribution is 7.93. The fourth-order valence-corrected chi connectivity index (χ4v) is 5.36. The number of carbonyl (C=O) groups is 1. The number of hydrogen-bond acceptors (Lipinski definition) is 4. The van der Waals surface area contributed by atoms with Crippen molar-refractivity contribution in [2.75, 3.05) is 16.7 Å². The van der Waals surface area contributed by atoms with Crippen molar-refractivity contribution in [2.45, 2.75) is 32.6 Å². The molecule has 1 amide bonds. The molecule has 152 valence electrons. The van der Waals surface area contributed by atoms with Gasteiger partial charge in [-0.15, -0.1) is 11.3 Å². The molecule has 1 heterocycles. The van der Waals surface area contributed by atoms with Gasteiger partial charge in [0.15, 0.2) is 0 Å². The first-order valence-corrected chi connectivity index (χ1v) is 11.5. The minimum absolute atomic E-state index is 0.00422. The maximum atomic E-state index is 13.2. The van der Waals surface area contributed by atoms with Gasteiger partial charge in [-0.1, -0.05) is 12.1 Å². The molecule has 0 unspecified atom stereocenters. The minimum atomic E-state index is -3.88. The van der Waals surface area contributed by atoms with Crippen molar-refractivity contribution in [3.8, 4) is 0 Å². The van der Waals surface area contributed by atoms with Crippen molar-refractivity contribution in [3.63, 3.8) is 0 Å². The molecule has 0 aliphatic rings. The molecule has 29 heavy (non-hydrogen) atoms. The SMILES string of the molecule is Cc1ccc(NC(=O)c2sccc2S(=O)(=O)N(C)c2ccc(C)c(C)c2)cc1C. The first kappa shape index (κ1) is 21.1. The lowest BCUT2D eigenvalue weighted by Crippen LogP contribution is -2.28. The number of carbonyl (C=O) groups excluding carboxylic acids is 1. The average Bonchev–Trinajstić information content (AvgIpc) is 3.17. The van der Waals surface area contributed by atoms with Crippen LogP contribution >= 0.6 is 11.3 Å². The Labute approximate surface area is 176 Å². The summed E-state index contributed by atoms with van der Waals surface area (Å²) >= 11 is 1.11. The molecule has 1 N–H and O–H groups in total. The molecule has 0 spiro atoms. The van der Waals surface area contributed by atoms with E-state index in [1.807, 2.05) is 58.0 Å². The number of thiophene rings is 1. The number of nitrogens with zero attached hydrogens (tertiary/aromatic N) is 1. The monoisotopic (exact) mass is 428 g/mol. The maximum Gasteiger partial charge on any atom is 0.267 e. The van der Waals surface area contributed by atoms with Crippen LogP contribution in [-0.4, -0.2) is 21.4 Å². The van der Waals surface area contributed by atoms with E-state index in [-0.39, 0.29) is 9.77 Å². The Balaban J connectivity index is 1.92. The van der Waals surface area contributed by atoms with Gasteiger partial charge in [0.1, 0.15) is 9.77 Å². The first-order valence-electron chi connectivity index (χ1n) is 9.13. The summed E-state index contributed by atoms with van der Waals surface area (Å²) in [7, 11) is -2.38. The van der Waals surface area contributed by atoms with Crippen LogP contribution in [0.3, 0.4) is 0 Å². The summed E-state index contributed by atoms with van der Waals surface area (Å²) in [6.45, 7) is 7.87. The van der Waals surface area contributed by atoms with Crippen LogP contribution in [0.2, 0.25) is 0 Å². The van der Waals surface area contributed by atoms with Crippen LogP contribution in [0.15, 0.2) is 52.7 Å². The van der Waals surface area contributed by atoms with E-state index in [4.69, 9.17) is 0 Å². The number of amides is 1. The fraction of sp³-hybridized carbons (Fsp3) is 0.227. The maximum absolute atomic E-state index is 13.2. The lowest BCUT2D eigenvalue weighted by atomic mass is 10.1. The van der Waals surface area contributed by atoms with Crippen LogP contribution in [0.4, 0.5) is 11.4 Å². The van der Waals surface area contributed by atoms with Crippen LogP contribution in [-0.2, 0) is 10.0 Å². The molecule has 7 heteroatoms. The average molecular weight is 429 g/mol. The quantitative estimate of drug-likeness (QED) is 0.618. The van der Waals surface area contributed by atoms with Crippen LogP contribution in [0.1, 0.15) is 31.9 Å². The van der Waals surface area contributed by atoms with Gasteiger partial charge in [0, 0.05) is 12.7 Å². The lowest BCUT2D eigenvalue weighted by Gasteiger charge is -2.20. The lowest BCUT2D eigenvalue weighted by molar-refractivity contribution is 0.102. The van der Waals surface area contributed by atoms with Crippen molar-refractivity contribution in [2.24, 2.45) is 0 Å². The zero-order valence-corrected chi connectivity index (χ0v) is 18.7. The van der Waals surface area contributed by atoms with Gasteiger partial charge in [0.05, 0.1) is 5.69 Å². The number of nitrogens with one attached hydrogen (secondary N) is 1. The summed E-state index contributed by atoms with van der Waals surface area (Å²) in [4.78, 5) is 13.0. The summed E-state index contributed by atoms with van der Waals surface area (Å²) in [6, 6.07) is 12.6. The highest BCUT2D eigenvalue weighted by atomic mass is 32.2. The summed E-state index contributed by atoms with van der Waals surface area (Å²) in [5.74, 6) is -0.435. The molecule has 0 aliphatic heterocycles. The largest absolute Gasteiger partial charge is 0.321 e. The van der Waals surface area contributed by atoms with Crippen molar-refractivity contribution in [1.29, 1.82) is 0 Å². The summed E-state index contributed by atoms with van der Waals surface area (Å²) in [6.07, 6.45) is 0. The number of benzene rings is 2. The smallest absolute Gasteiger partial charge is 0.267 e. The van der Waals surface area contributed by atoms with E-state index in [9.17, 15) is 13.2 Å². The van der Waals surface area contributed by atoms with Gasteiger partial charge in [-0.2, -0.15) is 0 Å². The van der Waals surface area contributed by atoms with Crippen LogP contribution < -0.4 is 9.62 Å². The number of anilines is 2. The minimum Gasteiger partial charge on any atom is -0.321 e. The van der Waals surface area contributed by atoms with Crippen molar-refractivity contribution in [3.05, 3.63) is 75.0 Å². The van der Waals surface area contributed by atoms with E-state index < -0.39 is 15.9 Å². The second-order valence-electron chi connectivity index (χ2n) is 7.11. The summed E-state index contributed by atoms with van der Waals surface area (Å²) < 4.78 is 27.7. The molecule has 0 atom stereocenters. The molecule has 0 saturated carbocycles. The highest BCUT2D eigenvalue weighted by Crippen LogP contribution is 2.29. The molecule has 3 rings (SSSR count). The van der Waals surface area contributed by atoms with E-state index in [2.05, 4.69) is 5.32 Å². The summed E-state index contributed by atoms with van der Waals surface area (Å²) in [5, 5.41) is 4.43. The number of aryl methyl sites for hydroxylation is 4. The molecule has 0 fully saturated rings. The van der Waals surface area contributed by atoms with E-state index in [0.717, 1.165) is 33.6 Å². The topological polar surface area (TPSA) is 66.5 Å². The van der Waals surface area contributed by atoms with Crippen LogP contribution in [0.5, 0.6) is 0 Å². The van der Waals surface area contributed by atoms with Crippen molar-refractivity contribution < 1.29 is 13.2 Å². The molecule has 5 nitrogen and oxygen atoms in total. The van der Waals surface area contributed by atoms with E-state index in [1.54, 1.807) is 11.4 Å². The molecule has 0 radical (unpaired) electrons. The second kappa shape index (κ2) is 8.00. The van der Waals surface area contributed by atoms with Crippen LogP contribution in [0.25, 0.3) is 0 Å². The zero-order valence-electron chi connectivity index (χ0n) is 17.1. The standard InChI is InChI=1S/C22H24N2O3S2/c1-14-6-8-18(12-16(14)3)23-22(25)21-20(10-11-28-21)29(26,27)24(5)19-9-7-15(2)17(4)13-19/h6-13H,1-5H3,(H,23,25). The third-order valence-corrected chi connectivity index (χ3v) is 7.96. The van der Waals surface area contributed by atoms with Gasteiger partial charge in [-0.3, -0.25) is 9.10 Å². The third kappa shape index (κ3) is 4.21. The predicted octanol–water partition coefficient (Wildman–Crippen LogP) is 5.06. The molecule has 2 aromatic carbocycles. The van der Waals surface area contributed by atoms with Gasteiger partial charge < -0.3 is 5.32 Å². The van der Waals surface area contributed by atoms with Crippen molar-refractivity contribution >= 4 is 38.6 Å². The number of hydrogen-bond donors (Lipinski definition) is 1. The van der Waals surface area contributed by atoms with Crippen LogP contribution in [0, 0.1) is 27.7 Å².